The molecule has 94 valence electrons. The van der Waals surface area contributed by atoms with Crippen molar-refractivity contribution in [2.24, 2.45) is 5.92 Å². The number of hydrogen-bond donors (Lipinski definition) is 0. The Bertz CT molecular complexity index is 370. The van der Waals surface area contributed by atoms with E-state index in [0.717, 1.165) is 29.3 Å². The van der Waals surface area contributed by atoms with Crippen molar-refractivity contribution in [3.8, 4) is 0 Å². The van der Waals surface area contributed by atoms with Crippen molar-refractivity contribution >= 4 is 21.7 Å². The number of aryl methyl sites for hydroxylation is 1. The van der Waals surface area contributed by atoms with E-state index < -0.39 is 0 Å². The van der Waals surface area contributed by atoms with E-state index in [1.165, 1.54) is 31.2 Å². The van der Waals surface area contributed by atoms with Crippen LogP contribution in [-0.4, -0.2) is 18.1 Å². The Balaban J connectivity index is 2.03. The van der Waals surface area contributed by atoms with Crippen LogP contribution in [0.4, 0.5) is 5.82 Å². The summed E-state index contributed by atoms with van der Waals surface area (Å²) in [4.78, 5) is 6.93. The van der Waals surface area contributed by atoms with E-state index in [9.17, 15) is 0 Å². The zero-order valence-electron chi connectivity index (χ0n) is 10.7. The predicted octanol–water partition coefficient (Wildman–Crippen LogP) is 4.17. The minimum absolute atomic E-state index is 0.930. The number of halogens is 1. The minimum atomic E-state index is 0.930. The second-order valence-electron chi connectivity index (χ2n) is 4.98. The van der Waals surface area contributed by atoms with E-state index >= 15 is 0 Å². The standard InChI is InChI=1S/C14H21BrN2/c1-3-4-12-6-9-17(10-7-12)14-13(15)11(2)5-8-16-14/h5,8,12H,3-4,6-7,9-10H2,1-2H3. The Morgan fingerprint density at radius 2 is 2.12 bits per heavy atom. The van der Waals surface area contributed by atoms with Gasteiger partial charge in [-0.25, -0.2) is 4.98 Å². The highest BCUT2D eigenvalue weighted by molar-refractivity contribution is 9.10. The molecule has 0 bridgehead atoms. The highest BCUT2D eigenvalue weighted by atomic mass is 79.9. The SMILES string of the molecule is CCCC1CCN(c2nccc(C)c2Br)CC1. The molecule has 3 heteroatoms. The molecule has 0 atom stereocenters. The minimum Gasteiger partial charge on any atom is -0.356 e. The first-order valence-corrected chi connectivity index (χ1v) is 7.37. The van der Waals surface area contributed by atoms with Crippen molar-refractivity contribution in [3.05, 3.63) is 22.3 Å². The molecule has 0 spiro atoms. The van der Waals surface area contributed by atoms with Gasteiger partial charge in [-0.05, 0) is 53.2 Å². The maximum atomic E-state index is 4.51. The van der Waals surface area contributed by atoms with Crippen LogP contribution >= 0.6 is 15.9 Å². The number of pyridine rings is 1. The monoisotopic (exact) mass is 296 g/mol. The van der Waals surface area contributed by atoms with E-state index in [1.807, 2.05) is 6.20 Å². The first-order valence-electron chi connectivity index (χ1n) is 6.58. The van der Waals surface area contributed by atoms with Gasteiger partial charge in [-0.15, -0.1) is 0 Å². The normalized spacial score (nSPS) is 17.5. The van der Waals surface area contributed by atoms with Gasteiger partial charge in [-0.1, -0.05) is 19.8 Å². The Morgan fingerprint density at radius 3 is 2.76 bits per heavy atom. The predicted molar refractivity (Wildman–Crippen MR) is 76.5 cm³/mol. The third-order valence-corrected chi connectivity index (χ3v) is 4.65. The van der Waals surface area contributed by atoms with Gasteiger partial charge in [0.2, 0.25) is 0 Å². The third kappa shape index (κ3) is 3.01. The smallest absolute Gasteiger partial charge is 0.143 e. The van der Waals surface area contributed by atoms with Crippen LogP contribution in [0.5, 0.6) is 0 Å². The fourth-order valence-corrected chi connectivity index (χ4v) is 3.07. The van der Waals surface area contributed by atoms with Crippen molar-refractivity contribution in [1.29, 1.82) is 0 Å². The van der Waals surface area contributed by atoms with Crippen LogP contribution in [0, 0.1) is 12.8 Å². The number of aromatic nitrogens is 1. The van der Waals surface area contributed by atoms with Gasteiger partial charge in [0.15, 0.2) is 0 Å². The van der Waals surface area contributed by atoms with Gasteiger partial charge in [-0.2, -0.15) is 0 Å². The highest BCUT2D eigenvalue weighted by Crippen LogP contribution is 2.31. The fraction of sp³-hybridized carbons (Fsp3) is 0.643. The maximum Gasteiger partial charge on any atom is 0.143 e. The van der Waals surface area contributed by atoms with Gasteiger partial charge in [0.25, 0.3) is 0 Å². The summed E-state index contributed by atoms with van der Waals surface area (Å²) in [6, 6.07) is 2.05. The lowest BCUT2D eigenvalue weighted by Crippen LogP contribution is -2.34. The summed E-state index contributed by atoms with van der Waals surface area (Å²) in [7, 11) is 0. The fourth-order valence-electron chi connectivity index (χ4n) is 2.59. The van der Waals surface area contributed by atoms with E-state index in [-0.39, 0.29) is 0 Å². The summed E-state index contributed by atoms with van der Waals surface area (Å²) in [6.45, 7) is 6.71. The number of rotatable bonds is 3. The molecule has 1 fully saturated rings. The molecule has 0 amide bonds. The van der Waals surface area contributed by atoms with Crippen LogP contribution in [0.1, 0.15) is 38.2 Å². The second-order valence-corrected chi connectivity index (χ2v) is 5.78. The molecule has 2 heterocycles. The summed E-state index contributed by atoms with van der Waals surface area (Å²) in [5, 5.41) is 0. The van der Waals surface area contributed by atoms with Crippen LogP contribution < -0.4 is 4.90 Å². The summed E-state index contributed by atoms with van der Waals surface area (Å²) < 4.78 is 1.16. The molecule has 2 nitrogen and oxygen atoms in total. The molecule has 0 unspecified atom stereocenters. The quantitative estimate of drug-likeness (QED) is 0.832. The van der Waals surface area contributed by atoms with E-state index in [1.54, 1.807) is 0 Å². The molecule has 1 aliphatic rings. The summed E-state index contributed by atoms with van der Waals surface area (Å²) in [5.74, 6) is 2.06. The van der Waals surface area contributed by atoms with Gasteiger partial charge in [-0.3, -0.25) is 0 Å². The molecule has 1 aromatic rings. The van der Waals surface area contributed by atoms with Gasteiger partial charge >= 0.3 is 0 Å². The molecule has 1 saturated heterocycles. The lowest BCUT2D eigenvalue weighted by Gasteiger charge is -2.33. The number of piperidine rings is 1. The number of anilines is 1. The van der Waals surface area contributed by atoms with E-state index in [4.69, 9.17) is 0 Å². The molecule has 0 saturated carbocycles. The summed E-state index contributed by atoms with van der Waals surface area (Å²) >= 11 is 3.66. The van der Waals surface area contributed by atoms with Crippen LogP contribution in [-0.2, 0) is 0 Å². The lowest BCUT2D eigenvalue weighted by molar-refractivity contribution is 0.377. The molecule has 17 heavy (non-hydrogen) atoms. The van der Waals surface area contributed by atoms with Crippen molar-refractivity contribution in [2.45, 2.75) is 39.5 Å². The average molecular weight is 297 g/mol. The topological polar surface area (TPSA) is 16.1 Å². The zero-order valence-corrected chi connectivity index (χ0v) is 12.3. The van der Waals surface area contributed by atoms with E-state index in [2.05, 4.69) is 45.7 Å². The highest BCUT2D eigenvalue weighted by Gasteiger charge is 2.21. The molecule has 0 radical (unpaired) electrons. The zero-order chi connectivity index (χ0) is 12.3. The third-order valence-electron chi connectivity index (χ3n) is 3.67. The molecule has 2 rings (SSSR count). The van der Waals surface area contributed by atoms with Gasteiger partial charge < -0.3 is 4.90 Å². The molecule has 0 aromatic carbocycles. The lowest BCUT2D eigenvalue weighted by atomic mass is 9.92. The van der Waals surface area contributed by atoms with Gasteiger partial charge in [0, 0.05) is 19.3 Å². The molecule has 0 N–H and O–H groups in total. The summed E-state index contributed by atoms with van der Waals surface area (Å²) in [5.41, 5.74) is 1.27. The van der Waals surface area contributed by atoms with Crippen molar-refractivity contribution in [1.82, 2.24) is 4.98 Å². The Labute approximate surface area is 113 Å². The maximum absolute atomic E-state index is 4.51. The van der Waals surface area contributed by atoms with Gasteiger partial charge in [0.1, 0.15) is 5.82 Å². The van der Waals surface area contributed by atoms with Crippen molar-refractivity contribution < 1.29 is 0 Å². The van der Waals surface area contributed by atoms with E-state index in [0.29, 0.717) is 0 Å². The Kier molecular flexibility index (Phi) is 4.43. The molecule has 1 aliphatic heterocycles. The summed E-state index contributed by atoms with van der Waals surface area (Å²) in [6.07, 6.45) is 7.24. The van der Waals surface area contributed by atoms with Gasteiger partial charge in [0.05, 0.1) is 4.47 Å². The molecular formula is C14H21BrN2. The van der Waals surface area contributed by atoms with Crippen LogP contribution in [0.2, 0.25) is 0 Å². The van der Waals surface area contributed by atoms with Crippen LogP contribution in [0.15, 0.2) is 16.7 Å². The first-order chi connectivity index (χ1) is 8.22. The van der Waals surface area contributed by atoms with Crippen molar-refractivity contribution in [3.63, 3.8) is 0 Å². The Morgan fingerprint density at radius 1 is 1.41 bits per heavy atom. The Hall–Kier alpha value is -0.570. The molecular weight excluding hydrogens is 276 g/mol. The number of nitrogens with zero attached hydrogens (tertiary/aromatic N) is 2. The second kappa shape index (κ2) is 5.85. The van der Waals surface area contributed by atoms with Crippen LogP contribution in [0.3, 0.4) is 0 Å². The molecule has 1 aromatic heterocycles. The van der Waals surface area contributed by atoms with Crippen LogP contribution in [0.25, 0.3) is 0 Å². The average Bonchev–Trinajstić information content (AvgIpc) is 2.34. The largest absolute Gasteiger partial charge is 0.356 e. The number of hydrogen-bond acceptors (Lipinski definition) is 2. The van der Waals surface area contributed by atoms with Crippen molar-refractivity contribution in [2.75, 3.05) is 18.0 Å². The molecule has 0 aliphatic carbocycles. The first kappa shape index (κ1) is 12.9.